The molecule has 174 valence electrons. The number of hydrogen-bond donors (Lipinski definition) is 1. The Kier molecular flexibility index (Phi) is 7.67. The summed E-state index contributed by atoms with van der Waals surface area (Å²) < 4.78 is 21.1. The van der Waals surface area contributed by atoms with Crippen LogP contribution in [0.2, 0.25) is 0 Å². The summed E-state index contributed by atoms with van der Waals surface area (Å²) in [5.74, 6) is 1.02. The minimum atomic E-state index is -0.266. The number of rotatable bonds is 8. The molecule has 0 spiro atoms. The molecule has 0 radical (unpaired) electrons. The van der Waals surface area contributed by atoms with E-state index in [1.165, 1.54) is 30.3 Å². The summed E-state index contributed by atoms with van der Waals surface area (Å²) in [4.78, 5) is 15.0. The van der Waals surface area contributed by atoms with E-state index in [1.54, 1.807) is 12.1 Å². The van der Waals surface area contributed by atoms with Gasteiger partial charge in [-0.05, 0) is 70.2 Å². The molecule has 2 aliphatic rings. The van der Waals surface area contributed by atoms with E-state index in [4.69, 9.17) is 4.74 Å². The lowest BCUT2D eigenvalue weighted by molar-refractivity contribution is -0.134. The quantitative estimate of drug-likeness (QED) is 0.597. The van der Waals surface area contributed by atoms with Crippen LogP contribution in [0, 0.1) is 5.82 Å². The fourth-order valence-electron chi connectivity index (χ4n) is 4.59. The van der Waals surface area contributed by atoms with Crippen molar-refractivity contribution >= 4 is 23.4 Å². The number of halogens is 1. The Labute approximate surface area is 193 Å². The van der Waals surface area contributed by atoms with Crippen LogP contribution in [0.5, 0.6) is 0 Å². The molecular weight excluding hydrogens is 429 g/mol. The Hall–Kier alpha value is -2.13. The molecule has 32 heavy (non-hydrogen) atoms. The molecule has 1 aromatic carbocycles. The van der Waals surface area contributed by atoms with Crippen LogP contribution in [-0.4, -0.2) is 56.1 Å². The van der Waals surface area contributed by atoms with Crippen molar-refractivity contribution in [1.82, 2.24) is 19.7 Å². The van der Waals surface area contributed by atoms with Crippen LogP contribution in [-0.2, 0) is 22.6 Å². The highest BCUT2D eigenvalue weighted by molar-refractivity contribution is 7.99. The molecule has 1 amide bonds. The third-order valence-corrected chi connectivity index (χ3v) is 7.26. The Morgan fingerprint density at radius 3 is 2.59 bits per heavy atom. The van der Waals surface area contributed by atoms with Gasteiger partial charge in [-0.3, -0.25) is 4.79 Å². The number of nitrogens with zero attached hydrogens (tertiary/aromatic N) is 4. The lowest BCUT2D eigenvalue weighted by atomic mass is 9.98. The maximum absolute atomic E-state index is 13.2. The molecule has 0 saturated carbocycles. The average Bonchev–Trinajstić information content (AvgIpc) is 3.42. The number of carbonyl (C=O) groups excluding carboxylic acids is 1. The molecule has 1 aromatic heterocycles. The Bertz CT molecular complexity index is 890. The van der Waals surface area contributed by atoms with Gasteiger partial charge in [-0.25, -0.2) is 4.39 Å². The van der Waals surface area contributed by atoms with Gasteiger partial charge in [0.05, 0.1) is 24.9 Å². The van der Waals surface area contributed by atoms with Crippen molar-refractivity contribution in [3.05, 3.63) is 35.9 Å². The molecule has 2 aliphatic heterocycles. The maximum Gasteiger partial charge on any atom is 0.233 e. The third kappa shape index (κ3) is 5.61. The monoisotopic (exact) mass is 461 g/mol. The van der Waals surface area contributed by atoms with Gasteiger partial charge in [0, 0.05) is 24.4 Å². The normalized spacial score (nSPS) is 23.5. The second-order valence-electron chi connectivity index (χ2n) is 8.72. The fraction of sp³-hybridized carbons (Fsp3) is 0.609. The molecule has 0 bridgehead atoms. The SMILES string of the molecule is C[C@H]1CCC[C@H](C)N1C(=O)CSc1nnc(CNc2ccc(F)cc2)n1C[C@@H]1CCCO1. The van der Waals surface area contributed by atoms with E-state index < -0.39 is 0 Å². The average molecular weight is 462 g/mol. The molecular formula is C23H32FN5O2S. The number of nitrogens with one attached hydrogen (secondary N) is 1. The van der Waals surface area contributed by atoms with E-state index in [1.807, 2.05) is 4.90 Å². The van der Waals surface area contributed by atoms with E-state index in [2.05, 4.69) is 33.9 Å². The highest BCUT2D eigenvalue weighted by Gasteiger charge is 2.29. The van der Waals surface area contributed by atoms with Crippen LogP contribution in [0.3, 0.4) is 0 Å². The zero-order valence-electron chi connectivity index (χ0n) is 18.8. The maximum atomic E-state index is 13.2. The number of ether oxygens (including phenoxy) is 1. The molecule has 2 fully saturated rings. The van der Waals surface area contributed by atoms with Gasteiger partial charge in [-0.15, -0.1) is 10.2 Å². The molecule has 3 heterocycles. The fourth-order valence-corrected chi connectivity index (χ4v) is 5.43. The summed E-state index contributed by atoms with van der Waals surface area (Å²) in [6, 6.07) is 6.82. The first-order valence-electron chi connectivity index (χ1n) is 11.5. The number of hydrogen-bond acceptors (Lipinski definition) is 6. The van der Waals surface area contributed by atoms with Crippen molar-refractivity contribution in [3.8, 4) is 0 Å². The summed E-state index contributed by atoms with van der Waals surface area (Å²) in [7, 11) is 0. The number of thioether (sulfide) groups is 1. The number of aromatic nitrogens is 3. The van der Waals surface area contributed by atoms with Gasteiger partial charge < -0.3 is 19.5 Å². The van der Waals surface area contributed by atoms with Crippen molar-refractivity contribution in [3.63, 3.8) is 0 Å². The summed E-state index contributed by atoms with van der Waals surface area (Å²) in [6.07, 6.45) is 5.51. The Morgan fingerprint density at radius 1 is 1.16 bits per heavy atom. The first kappa shape index (κ1) is 23.0. The number of carbonyl (C=O) groups is 1. The third-order valence-electron chi connectivity index (χ3n) is 6.30. The Morgan fingerprint density at radius 2 is 1.91 bits per heavy atom. The van der Waals surface area contributed by atoms with Crippen molar-refractivity contribution in [2.45, 2.75) is 82.4 Å². The summed E-state index contributed by atoms with van der Waals surface area (Å²) in [5.41, 5.74) is 0.815. The number of benzene rings is 1. The highest BCUT2D eigenvalue weighted by Crippen LogP contribution is 2.26. The first-order chi connectivity index (χ1) is 15.5. The minimum absolute atomic E-state index is 0.132. The number of amides is 1. The smallest absolute Gasteiger partial charge is 0.233 e. The first-order valence-corrected chi connectivity index (χ1v) is 12.5. The molecule has 1 N–H and O–H groups in total. The molecule has 2 aromatic rings. The molecule has 7 nitrogen and oxygen atoms in total. The topological polar surface area (TPSA) is 72.3 Å². The second-order valence-corrected chi connectivity index (χ2v) is 9.67. The Balaban J connectivity index is 1.44. The molecule has 4 rings (SSSR count). The van der Waals surface area contributed by atoms with E-state index in [9.17, 15) is 9.18 Å². The summed E-state index contributed by atoms with van der Waals surface area (Å²) >= 11 is 1.45. The van der Waals surface area contributed by atoms with Gasteiger partial charge >= 0.3 is 0 Å². The van der Waals surface area contributed by atoms with Gasteiger partial charge in [0.2, 0.25) is 5.91 Å². The van der Waals surface area contributed by atoms with E-state index >= 15 is 0 Å². The van der Waals surface area contributed by atoms with E-state index in [0.29, 0.717) is 18.8 Å². The predicted octanol–water partition coefficient (Wildman–Crippen LogP) is 4.09. The second kappa shape index (κ2) is 10.7. The molecule has 2 saturated heterocycles. The van der Waals surface area contributed by atoms with Crippen LogP contribution < -0.4 is 5.32 Å². The van der Waals surface area contributed by atoms with Crippen molar-refractivity contribution in [2.24, 2.45) is 0 Å². The van der Waals surface area contributed by atoms with E-state index in [0.717, 1.165) is 49.0 Å². The number of likely N-dealkylation sites (tertiary alicyclic amines) is 1. The van der Waals surface area contributed by atoms with Crippen molar-refractivity contribution in [2.75, 3.05) is 17.7 Å². The van der Waals surface area contributed by atoms with Crippen molar-refractivity contribution < 1.29 is 13.9 Å². The molecule has 9 heteroatoms. The van der Waals surface area contributed by atoms with Gasteiger partial charge in [-0.1, -0.05) is 11.8 Å². The minimum Gasteiger partial charge on any atom is -0.378 e. The molecule has 3 atom stereocenters. The number of anilines is 1. The van der Waals surface area contributed by atoms with Gasteiger partial charge in [0.1, 0.15) is 5.82 Å². The lowest BCUT2D eigenvalue weighted by Gasteiger charge is -2.39. The predicted molar refractivity (Wildman–Crippen MR) is 123 cm³/mol. The molecule has 0 aliphatic carbocycles. The van der Waals surface area contributed by atoms with Crippen LogP contribution in [0.4, 0.5) is 10.1 Å². The zero-order chi connectivity index (χ0) is 22.5. The van der Waals surface area contributed by atoms with Crippen molar-refractivity contribution in [1.29, 1.82) is 0 Å². The highest BCUT2D eigenvalue weighted by atomic mass is 32.2. The van der Waals surface area contributed by atoms with Crippen LogP contribution in [0.1, 0.15) is 51.8 Å². The summed E-state index contributed by atoms with van der Waals surface area (Å²) in [6.45, 7) is 6.18. The van der Waals surface area contributed by atoms with Crippen LogP contribution in [0.25, 0.3) is 0 Å². The van der Waals surface area contributed by atoms with Gasteiger partial charge in [0.25, 0.3) is 0 Å². The standard InChI is InChI=1S/C23H32FN5O2S/c1-16-5-3-6-17(2)29(16)22(30)15-32-23-27-26-21(28(23)14-20-7-4-12-31-20)13-25-19-10-8-18(24)9-11-19/h8-11,16-17,20,25H,3-7,12-15H2,1-2H3/t16-,17-,20-/m0/s1. The lowest BCUT2D eigenvalue weighted by Crippen LogP contribution is -2.48. The summed E-state index contributed by atoms with van der Waals surface area (Å²) in [5, 5.41) is 12.8. The number of piperidine rings is 1. The zero-order valence-corrected chi connectivity index (χ0v) is 19.6. The van der Waals surface area contributed by atoms with Gasteiger partial charge in [0.15, 0.2) is 11.0 Å². The van der Waals surface area contributed by atoms with Crippen LogP contribution >= 0.6 is 11.8 Å². The largest absolute Gasteiger partial charge is 0.378 e. The van der Waals surface area contributed by atoms with Crippen LogP contribution in [0.15, 0.2) is 29.4 Å². The van der Waals surface area contributed by atoms with Gasteiger partial charge in [-0.2, -0.15) is 0 Å². The molecule has 0 unspecified atom stereocenters. The van der Waals surface area contributed by atoms with E-state index in [-0.39, 0.29) is 29.9 Å².